The molecule has 1 aliphatic heterocycles. The summed E-state index contributed by atoms with van der Waals surface area (Å²) in [5.74, 6) is 0.775. The number of pyridine rings is 1. The number of nitrogens with zero attached hydrogens (tertiary/aromatic N) is 2. The molecular weight excluding hydrogens is 434 g/mol. The van der Waals surface area contributed by atoms with Gasteiger partial charge in [-0.15, -0.1) is 11.3 Å². The second-order valence-electron chi connectivity index (χ2n) is 8.33. The van der Waals surface area contributed by atoms with Crippen LogP contribution in [-0.2, 0) is 13.0 Å². The number of likely N-dealkylation sites (N-methyl/N-ethyl adjacent to an activating group) is 1. The predicted octanol–water partition coefficient (Wildman–Crippen LogP) is 5.07. The highest BCUT2D eigenvalue weighted by atomic mass is 32.1. The number of benzene rings is 2. The molecule has 0 unspecified atom stereocenters. The number of esters is 1. The number of ether oxygens (including phenoxy) is 2. The van der Waals surface area contributed by atoms with E-state index in [9.17, 15) is 4.79 Å². The molecule has 0 saturated heterocycles. The fourth-order valence-corrected chi connectivity index (χ4v) is 5.32. The van der Waals surface area contributed by atoms with E-state index in [0.717, 1.165) is 63.4 Å². The largest absolute Gasteiger partial charge is 0.496 e. The molecule has 0 aliphatic carbocycles. The number of nitrogen functional groups attached to an aromatic ring is 1. The van der Waals surface area contributed by atoms with Crippen molar-refractivity contribution >= 4 is 33.2 Å². The fraction of sp³-hybridized carbons (Fsp3) is 0.231. The van der Waals surface area contributed by atoms with Crippen molar-refractivity contribution in [3.63, 3.8) is 0 Å². The zero-order valence-corrected chi connectivity index (χ0v) is 19.7. The minimum atomic E-state index is -0.472. The van der Waals surface area contributed by atoms with Gasteiger partial charge in [0.25, 0.3) is 0 Å². The Morgan fingerprint density at radius 1 is 1.15 bits per heavy atom. The molecule has 4 aromatic rings. The van der Waals surface area contributed by atoms with Gasteiger partial charge in [-0.25, -0.2) is 9.78 Å². The average Bonchev–Trinajstić information content (AvgIpc) is 3.15. The van der Waals surface area contributed by atoms with E-state index >= 15 is 0 Å². The number of carbonyl (C=O) groups excluding carboxylic acids is 1. The molecule has 0 atom stereocenters. The van der Waals surface area contributed by atoms with Gasteiger partial charge in [-0.05, 0) is 37.7 Å². The van der Waals surface area contributed by atoms with E-state index in [1.54, 1.807) is 19.2 Å². The number of rotatable bonds is 4. The van der Waals surface area contributed by atoms with Crippen LogP contribution in [0, 0.1) is 6.92 Å². The molecule has 2 N–H and O–H groups in total. The van der Waals surface area contributed by atoms with E-state index in [1.807, 2.05) is 43.3 Å². The van der Waals surface area contributed by atoms with Gasteiger partial charge in [-0.3, -0.25) is 0 Å². The summed E-state index contributed by atoms with van der Waals surface area (Å²) in [6.07, 6.45) is 0.838. The van der Waals surface area contributed by atoms with Gasteiger partial charge in [0.15, 0.2) is 0 Å². The van der Waals surface area contributed by atoms with Crippen molar-refractivity contribution in [2.24, 2.45) is 0 Å². The number of hydrogen-bond acceptors (Lipinski definition) is 7. The summed E-state index contributed by atoms with van der Waals surface area (Å²) in [5.41, 5.74) is 12.2. The lowest BCUT2D eigenvalue weighted by atomic mass is 9.91. The number of fused-ring (bicyclic) bond motifs is 2. The van der Waals surface area contributed by atoms with Crippen LogP contribution in [-0.4, -0.2) is 36.6 Å². The highest BCUT2D eigenvalue weighted by Gasteiger charge is 2.28. The van der Waals surface area contributed by atoms with Crippen molar-refractivity contribution in [2.75, 3.05) is 26.4 Å². The van der Waals surface area contributed by atoms with Crippen molar-refractivity contribution in [3.8, 4) is 22.6 Å². The quantitative estimate of drug-likeness (QED) is 0.339. The van der Waals surface area contributed by atoms with E-state index in [4.69, 9.17) is 20.2 Å². The number of hydrogen-bond donors (Lipinski definition) is 1. The lowest BCUT2D eigenvalue weighted by molar-refractivity contribution is 0.0741. The van der Waals surface area contributed by atoms with Crippen molar-refractivity contribution in [3.05, 3.63) is 70.2 Å². The maximum atomic E-state index is 13.1. The Morgan fingerprint density at radius 3 is 2.67 bits per heavy atom. The molecule has 2 aromatic heterocycles. The molecule has 0 bridgehead atoms. The fourth-order valence-electron chi connectivity index (χ4n) is 4.32. The van der Waals surface area contributed by atoms with E-state index in [0.29, 0.717) is 16.3 Å². The molecule has 0 amide bonds. The highest BCUT2D eigenvalue weighted by molar-refractivity contribution is 7.21. The van der Waals surface area contributed by atoms with Crippen LogP contribution in [0.1, 0.15) is 26.5 Å². The number of methoxy groups -OCH3 is 1. The average molecular weight is 460 g/mol. The van der Waals surface area contributed by atoms with Crippen LogP contribution in [0.4, 0.5) is 5.69 Å². The van der Waals surface area contributed by atoms with Gasteiger partial charge in [0, 0.05) is 41.7 Å². The first-order valence-corrected chi connectivity index (χ1v) is 11.6. The Balaban J connectivity index is 1.70. The number of thiophene rings is 1. The number of anilines is 1. The molecule has 0 fully saturated rings. The zero-order valence-electron chi connectivity index (χ0n) is 18.8. The minimum Gasteiger partial charge on any atom is -0.496 e. The first-order valence-electron chi connectivity index (χ1n) is 10.8. The second kappa shape index (κ2) is 8.50. The molecule has 168 valence electrons. The third kappa shape index (κ3) is 3.83. The molecule has 0 radical (unpaired) electrons. The summed E-state index contributed by atoms with van der Waals surface area (Å²) < 4.78 is 11.3. The lowest BCUT2D eigenvalue weighted by Gasteiger charge is -2.27. The molecule has 1 aliphatic rings. The summed E-state index contributed by atoms with van der Waals surface area (Å²) in [6, 6.07) is 15.3. The van der Waals surface area contributed by atoms with Gasteiger partial charge >= 0.3 is 5.97 Å². The van der Waals surface area contributed by atoms with Gasteiger partial charge in [0.05, 0.1) is 12.8 Å². The summed E-state index contributed by atoms with van der Waals surface area (Å²) in [4.78, 5) is 21.4. The third-order valence-corrected chi connectivity index (χ3v) is 7.09. The highest BCUT2D eigenvalue weighted by Crippen LogP contribution is 2.45. The zero-order chi connectivity index (χ0) is 23.1. The summed E-state index contributed by atoms with van der Waals surface area (Å²) in [5, 5.41) is 0.786. The molecule has 6 nitrogen and oxygen atoms in total. The third-order valence-electron chi connectivity index (χ3n) is 6.01. The van der Waals surface area contributed by atoms with Gasteiger partial charge in [-0.2, -0.15) is 0 Å². The van der Waals surface area contributed by atoms with Crippen molar-refractivity contribution in [2.45, 2.75) is 19.9 Å². The summed E-state index contributed by atoms with van der Waals surface area (Å²) in [6.45, 7) is 3.67. The van der Waals surface area contributed by atoms with Crippen LogP contribution in [0.25, 0.3) is 21.3 Å². The number of aromatic nitrogens is 1. The van der Waals surface area contributed by atoms with E-state index in [1.165, 1.54) is 11.3 Å². The smallest absolute Gasteiger partial charge is 0.355 e. The summed E-state index contributed by atoms with van der Waals surface area (Å²) >= 11 is 1.29. The molecule has 0 spiro atoms. The van der Waals surface area contributed by atoms with Crippen LogP contribution >= 0.6 is 11.3 Å². The molecule has 7 heteroatoms. The van der Waals surface area contributed by atoms with Gasteiger partial charge in [0.2, 0.25) is 0 Å². The molecule has 3 heterocycles. The van der Waals surface area contributed by atoms with Crippen LogP contribution in [0.15, 0.2) is 48.5 Å². The number of carbonyl (C=O) groups is 1. The number of aryl methyl sites for hydroxylation is 1. The Bertz CT molecular complexity index is 1360. The predicted molar refractivity (Wildman–Crippen MR) is 132 cm³/mol. The molecule has 0 saturated carbocycles. The van der Waals surface area contributed by atoms with E-state index < -0.39 is 5.97 Å². The monoisotopic (exact) mass is 459 g/mol. The maximum Gasteiger partial charge on any atom is 0.355 e. The van der Waals surface area contributed by atoms with Gasteiger partial charge in [-0.1, -0.05) is 35.9 Å². The Morgan fingerprint density at radius 2 is 1.91 bits per heavy atom. The normalized spacial score (nSPS) is 13.7. The van der Waals surface area contributed by atoms with E-state index in [-0.39, 0.29) is 0 Å². The maximum absolute atomic E-state index is 13.1. The first-order chi connectivity index (χ1) is 16.0. The van der Waals surface area contributed by atoms with Gasteiger partial charge < -0.3 is 20.1 Å². The van der Waals surface area contributed by atoms with Crippen molar-refractivity contribution < 1.29 is 14.3 Å². The van der Waals surface area contributed by atoms with Crippen LogP contribution in [0.5, 0.6) is 11.5 Å². The number of nitrogens with two attached hydrogens (primary N) is 1. The SMILES string of the molecule is COc1ccccc1-c1c2c(nc3sc(C(=O)Oc4ccc(C)cc4)c(N)c13)CCN(C)C2. The Kier molecular flexibility index (Phi) is 5.52. The van der Waals surface area contributed by atoms with Crippen molar-refractivity contribution in [1.29, 1.82) is 0 Å². The van der Waals surface area contributed by atoms with Crippen molar-refractivity contribution in [1.82, 2.24) is 9.88 Å². The Hall–Kier alpha value is -3.42. The minimum absolute atomic E-state index is 0.366. The molecular formula is C26H25N3O3S. The molecule has 5 rings (SSSR count). The van der Waals surface area contributed by atoms with Gasteiger partial charge in [0.1, 0.15) is 21.2 Å². The topological polar surface area (TPSA) is 77.7 Å². The molecule has 33 heavy (non-hydrogen) atoms. The van der Waals surface area contributed by atoms with Crippen LogP contribution in [0.3, 0.4) is 0 Å². The van der Waals surface area contributed by atoms with Crippen LogP contribution < -0.4 is 15.2 Å². The summed E-state index contributed by atoms with van der Waals surface area (Å²) in [7, 11) is 3.76. The lowest BCUT2D eigenvalue weighted by Crippen LogP contribution is -2.28. The first kappa shape index (κ1) is 21.4. The van der Waals surface area contributed by atoms with Crippen LogP contribution in [0.2, 0.25) is 0 Å². The second-order valence-corrected chi connectivity index (χ2v) is 9.33. The standard InChI is InChI=1S/C26H25N3O3S/c1-15-8-10-16(11-9-15)32-26(30)24-23(27)22-21(17-6-4-5-7-20(17)31-3)18-14-29(2)13-12-19(18)28-25(22)33-24/h4-11H,12-14,27H2,1-3H3. The van der Waals surface area contributed by atoms with E-state index in [2.05, 4.69) is 11.9 Å². The number of para-hydroxylation sites is 1. The molecule has 2 aromatic carbocycles. The Labute approximate surface area is 196 Å².